The quantitative estimate of drug-likeness (QED) is 0.775. The van der Waals surface area contributed by atoms with E-state index in [-0.39, 0.29) is 11.9 Å². The fourth-order valence-electron chi connectivity index (χ4n) is 1.80. The van der Waals surface area contributed by atoms with E-state index < -0.39 is 0 Å². The highest BCUT2D eigenvalue weighted by molar-refractivity contribution is 6.32. The SMILES string of the molecule is CC(=O)c1ccc(OCC2CCCO2)c(Cl)c1. The molecule has 1 saturated heterocycles. The van der Waals surface area contributed by atoms with Crippen LogP contribution in [0.4, 0.5) is 0 Å². The Labute approximate surface area is 106 Å². The number of Topliss-reactive ketones (excluding diaryl/α,β-unsaturated/α-hetero) is 1. The van der Waals surface area contributed by atoms with Crippen LogP contribution in [0.2, 0.25) is 5.02 Å². The van der Waals surface area contributed by atoms with Crippen LogP contribution >= 0.6 is 11.6 Å². The van der Waals surface area contributed by atoms with Gasteiger partial charge in [0.05, 0.1) is 11.1 Å². The highest BCUT2D eigenvalue weighted by atomic mass is 35.5. The number of halogens is 1. The number of carbonyl (C=O) groups excluding carboxylic acids is 1. The van der Waals surface area contributed by atoms with Crippen molar-refractivity contribution in [1.82, 2.24) is 0 Å². The normalized spacial score (nSPS) is 19.3. The highest BCUT2D eigenvalue weighted by Crippen LogP contribution is 2.26. The summed E-state index contributed by atoms with van der Waals surface area (Å²) >= 11 is 6.04. The van der Waals surface area contributed by atoms with Gasteiger partial charge in [-0.1, -0.05) is 11.6 Å². The lowest BCUT2D eigenvalue weighted by molar-refractivity contribution is 0.0680. The van der Waals surface area contributed by atoms with E-state index >= 15 is 0 Å². The van der Waals surface area contributed by atoms with E-state index in [1.807, 2.05) is 0 Å². The summed E-state index contributed by atoms with van der Waals surface area (Å²) in [7, 11) is 0. The molecule has 0 N–H and O–H groups in total. The van der Waals surface area contributed by atoms with Crippen LogP contribution in [0.1, 0.15) is 30.1 Å². The fourth-order valence-corrected chi connectivity index (χ4v) is 2.03. The number of hydrogen-bond acceptors (Lipinski definition) is 3. The van der Waals surface area contributed by atoms with Crippen LogP contribution in [0.15, 0.2) is 18.2 Å². The van der Waals surface area contributed by atoms with Crippen molar-refractivity contribution in [2.45, 2.75) is 25.9 Å². The Hall–Kier alpha value is -1.06. The van der Waals surface area contributed by atoms with E-state index in [1.54, 1.807) is 18.2 Å². The standard InChI is InChI=1S/C13H15ClO3/c1-9(15)10-4-5-13(12(14)7-10)17-8-11-3-2-6-16-11/h4-5,7,11H,2-3,6,8H2,1H3. The Kier molecular flexibility index (Phi) is 4.02. The molecule has 1 heterocycles. The third kappa shape index (κ3) is 3.20. The van der Waals surface area contributed by atoms with E-state index in [1.165, 1.54) is 6.92 Å². The Morgan fingerprint density at radius 3 is 3.00 bits per heavy atom. The van der Waals surface area contributed by atoms with E-state index in [0.717, 1.165) is 19.4 Å². The number of benzene rings is 1. The Morgan fingerprint density at radius 1 is 1.59 bits per heavy atom. The van der Waals surface area contributed by atoms with Gasteiger partial charge < -0.3 is 9.47 Å². The largest absolute Gasteiger partial charge is 0.489 e. The molecule has 0 radical (unpaired) electrons. The third-order valence-corrected chi connectivity index (χ3v) is 3.08. The second-order valence-electron chi connectivity index (χ2n) is 4.15. The molecule has 1 aromatic rings. The molecule has 2 rings (SSSR count). The zero-order valence-corrected chi connectivity index (χ0v) is 10.5. The lowest BCUT2D eigenvalue weighted by atomic mass is 10.1. The van der Waals surface area contributed by atoms with Crippen molar-refractivity contribution in [3.8, 4) is 5.75 Å². The molecule has 0 bridgehead atoms. The van der Waals surface area contributed by atoms with Crippen LogP contribution in [0.3, 0.4) is 0 Å². The lowest BCUT2D eigenvalue weighted by Gasteiger charge is -2.12. The summed E-state index contributed by atoms with van der Waals surface area (Å²) in [4.78, 5) is 11.2. The third-order valence-electron chi connectivity index (χ3n) is 2.79. The van der Waals surface area contributed by atoms with Gasteiger partial charge in [0.2, 0.25) is 0 Å². The topological polar surface area (TPSA) is 35.5 Å². The van der Waals surface area contributed by atoms with Gasteiger partial charge in [-0.15, -0.1) is 0 Å². The van der Waals surface area contributed by atoms with Crippen molar-refractivity contribution in [2.75, 3.05) is 13.2 Å². The number of hydrogen-bond donors (Lipinski definition) is 0. The summed E-state index contributed by atoms with van der Waals surface area (Å²) in [6.07, 6.45) is 2.28. The zero-order chi connectivity index (χ0) is 12.3. The smallest absolute Gasteiger partial charge is 0.159 e. The minimum Gasteiger partial charge on any atom is -0.489 e. The van der Waals surface area contributed by atoms with Crippen LogP contribution in [0.5, 0.6) is 5.75 Å². The molecule has 0 saturated carbocycles. The summed E-state index contributed by atoms with van der Waals surface area (Å²) in [5.41, 5.74) is 0.597. The van der Waals surface area contributed by atoms with Crippen LogP contribution in [-0.2, 0) is 4.74 Å². The molecule has 0 amide bonds. The average Bonchev–Trinajstić information content (AvgIpc) is 2.80. The first-order valence-electron chi connectivity index (χ1n) is 5.71. The molecular formula is C13H15ClO3. The van der Waals surface area contributed by atoms with Gasteiger partial charge in [0.1, 0.15) is 12.4 Å². The molecule has 92 valence electrons. The van der Waals surface area contributed by atoms with Crippen molar-refractivity contribution < 1.29 is 14.3 Å². The Bertz CT molecular complexity index is 411. The van der Waals surface area contributed by atoms with E-state index in [4.69, 9.17) is 21.1 Å². The summed E-state index contributed by atoms with van der Waals surface area (Å²) in [5.74, 6) is 0.602. The minimum atomic E-state index is -0.00224. The monoisotopic (exact) mass is 254 g/mol. The number of ether oxygens (including phenoxy) is 2. The van der Waals surface area contributed by atoms with Gasteiger partial charge in [-0.05, 0) is 38.0 Å². The van der Waals surface area contributed by atoms with Gasteiger partial charge in [0.15, 0.2) is 5.78 Å². The van der Waals surface area contributed by atoms with Gasteiger partial charge in [-0.2, -0.15) is 0 Å². The first kappa shape index (κ1) is 12.4. The van der Waals surface area contributed by atoms with Gasteiger partial charge in [-0.25, -0.2) is 0 Å². The zero-order valence-electron chi connectivity index (χ0n) is 9.74. The maximum atomic E-state index is 11.2. The predicted molar refractivity (Wildman–Crippen MR) is 65.9 cm³/mol. The van der Waals surface area contributed by atoms with Crippen LogP contribution in [-0.4, -0.2) is 25.1 Å². The van der Waals surface area contributed by atoms with Crippen molar-refractivity contribution in [1.29, 1.82) is 0 Å². The molecule has 4 heteroatoms. The van der Waals surface area contributed by atoms with E-state index in [0.29, 0.717) is 22.9 Å². The second-order valence-corrected chi connectivity index (χ2v) is 4.55. The van der Waals surface area contributed by atoms with Gasteiger partial charge in [0.25, 0.3) is 0 Å². The van der Waals surface area contributed by atoms with Gasteiger partial charge >= 0.3 is 0 Å². The summed E-state index contributed by atoms with van der Waals surface area (Å²) in [6.45, 7) is 2.84. The maximum absolute atomic E-state index is 11.2. The van der Waals surface area contributed by atoms with Gasteiger partial charge in [-0.3, -0.25) is 4.79 Å². The molecule has 0 aliphatic carbocycles. The molecule has 1 atom stereocenters. The molecule has 1 aliphatic heterocycles. The number of rotatable bonds is 4. The van der Waals surface area contributed by atoms with Crippen LogP contribution in [0.25, 0.3) is 0 Å². The van der Waals surface area contributed by atoms with Crippen LogP contribution < -0.4 is 4.74 Å². The van der Waals surface area contributed by atoms with Crippen molar-refractivity contribution in [2.24, 2.45) is 0 Å². The average molecular weight is 255 g/mol. The van der Waals surface area contributed by atoms with Gasteiger partial charge in [0, 0.05) is 12.2 Å². The van der Waals surface area contributed by atoms with Crippen molar-refractivity contribution >= 4 is 17.4 Å². The van der Waals surface area contributed by atoms with Crippen molar-refractivity contribution in [3.05, 3.63) is 28.8 Å². The molecule has 0 aromatic heterocycles. The Balaban J connectivity index is 1.98. The molecule has 1 unspecified atom stereocenters. The maximum Gasteiger partial charge on any atom is 0.159 e. The molecule has 1 aromatic carbocycles. The first-order chi connectivity index (χ1) is 8.16. The van der Waals surface area contributed by atoms with Crippen molar-refractivity contribution in [3.63, 3.8) is 0 Å². The van der Waals surface area contributed by atoms with E-state index in [2.05, 4.69) is 0 Å². The fraction of sp³-hybridized carbons (Fsp3) is 0.462. The Morgan fingerprint density at radius 2 is 2.41 bits per heavy atom. The molecule has 0 spiro atoms. The minimum absolute atomic E-state index is 0.00224. The second kappa shape index (κ2) is 5.52. The predicted octanol–water partition coefficient (Wildman–Crippen LogP) is 3.10. The molecule has 3 nitrogen and oxygen atoms in total. The molecular weight excluding hydrogens is 240 g/mol. The molecule has 1 fully saturated rings. The lowest BCUT2D eigenvalue weighted by Crippen LogP contribution is -2.16. The summed E-state index contributed by atoms with van der Waals surface area (Å²) in [6, 6.07) is 5.09. The van der Waals surface area contributed by atoms with E-state index in [9.17, 15) is 4.79 Å². The summed E-state index contributed by atoms with van der Waals surface area (Å²) < 4.78 is 11.0. The molecule has 17 heavy (non-hydrogen) atoms. The first-order valence-corrected chi connectivity index (χ1v) is 6.09. The summed E-state index contributed by atoms with van der Waals surface area (Å²) in [5, 5.41) is 0.468. The number of carbonyl (C=O) groups is 1. The number of ketones is 1. The highest BCUT2D eigenvalue weighted by Gasteiger charge is 2.16. The van der Waals surface area contributed by atoms with Crippen LogP contribution in [0, 0.1) is 0 Å². The molecule has 1 aliphatic rings.